The summed E-state index contributed by atoms with van der Waals surface area (Å²) in [7, 11) is 0. The fraction of sp³-hybridized carbons (Fsp3) is 0.571. The lowest BCUT2D eigenvalue weighted by atomic mass is 10.5. The molecular weight excluding hydrogens is 130 g/mol. The number of hydrogen-bond acceptors (Lipinski definition) is 1. The number of rotatable bonds is 1. The van der Waals surface area contributed by atoms with Gasteiger partial charge in [-0.2, -0.15) is 0 Å². The molecule has 0 fully saturated rings. The Kier molecular flexibility index (Phi) is 2.18. The van der Waals surface area contributed by atoms with E-state index in [1.54, 1.807) is 0 Å². The Labute approximate surface area is 60.2 Å². The maximum Gasteiger partial charge on any atom is 0.208 e. The van der Waals surface area contributed by atoms with Crippen LogP contribution in [0.3, 0.4) is 0 Å². The van der Waals surface area contributed by atoms with E-state index in [4.69, 9.17) is 6.42 Å². The molecular formula is C7H10NS+. The molecule has 0 atom stereocenters. The Morgan fingerprint density at radius 3 is 3.11 bits per heavy atom. The summed E-state index contributed by atoms with van der Waals surface area (Å²) in [6.07, 6.45) is 5.16. The van der Waals surface area contributed by atoms with Gasteiger partial charge >= 0.3 is 0 Å². The van der Waals surface area contributed by atoms with Crippen LogP contribution in [0.5, 0.6) is 0 Å². The lowest BCUT2D eigenvalue weighted by Crippen LogP contribution is -2.13. The third kappa shape index (κ3) is 1.49. The Bertz CT molecular complexity index is 176. The first-order chi connectivity index (χ1) is 4.34. The van der Waals surface area contributed by atoms with Gasteiger partial charge in [-0.15, -0.1) is 6.42 Å². The van der Waals surface area contributed by atoms with Crippen LogP contribution >= 0.6 is 11.8 Å². The zero-order valence-corrected chi connectivity index (χ0v) is 6.37. The van der Waals surface area contributed by atoms with Gasteiger partial charge in [0.2, 0.25) is 11.6 Å². The number of hydrogen-bond donors (Lipinski definition) is 0. The molecule has 0 spiro atoms. The van der Waals surface area contributed by atoms with Crippen LogP contribution in [0.15, 0.2) is 0 Å². The van der Waals surface area contributed by atoms with Crippen LogP contribution in [-0.4, -0.2) is 28.5 Å². The summed E-state index contributed by atoms with van der Waals surface area (Å²) >= 11 is 1.89. The molecule has 1 nitrogen and oxygen atoms in total. The first-order valence-electron chi connectivity index (χ1n) is 2.99. The van der Waals surface area contributed by atoms with E-state index in [0.29, 0.717) is 0 Å². The third-order valence-electron chi connectivity index (χ3n) is 1.40. The van der Waals surface area contributed by atoms with Gasteiger partial charge in [-0.25, -0.2) is 4.58 Å². The Balaban J connectivity index is 2.58. The van der Waals surface area contributed by atoms with Gasteiger partial charge in [-0.3, -0.25) is 0 Å². The molecule has 0 saturated heterocycles. The fourth-order valence-corrected chi connectivity index (χ4v) is 1.80. The summed E-state index contributed by atoms with van der Waals surface area (Å²) < 4.78 is 2.23. The molecule has 0 N–H and O–H groups in total. The average Bonchev–Trinajstić information content (AvgIpc) is 2.18. The average molecular weight is 140 g/mol. The van der Waals surface area contributed by atoms with Gasteiger partial charge in [-0.1, -0.05) is 11.8 Å². The molecule has 48 valence electrons. The topological polar surface area (TPSA) is 3.01 Å². The van der Waals surface area contributed by atoms with E-state index in [2.05, 4.69) is 17.4 Å². The SMILES string of the molecule is C#CC[N+]1=C(C)SCC1. The Hall–Kier alpha value is -0.420. The number of nitrogens with zero attached hydrogens (tertiary/aromatic N) is 1. The Morgan fingerprint density at radius 1 is 1.89 bits per heavy atom. The smallest absolute Gasteiger partial charge is 0.208 e. The van der Waals surface area contributed by atoms with E-state index < -0.39 is 0 Å². The first kappa shape index (κ1) is 6.70. The van der Waals surface area contributed by atoms with E-state index in [9.17, 15) is 0 Å². The number of thioether (sulfide) groups is 1. The molecule has 9 heavy (non-hydrogen) atoms. The fourth-order valence-electron chi connectivity index (χ4n) is 0.853. The second-order valence-corrected chi connectivity index (χ2v) is 3.28. The van der Waals surface area contributed by atoms with Crippen molar-refractivity contribution in [2.45, 2.75) is 6.92 Å². The van der Waals surface area contributed by atoms with Crippen molar-refractivity contribution in [1.29, 1.82) is 0 Å². The highest BCUT2D eigenvalue weighted by molar-refractivity contribution is 8.13. The van der Waals surface area contributed by atoms with Crippen LogP contribution in [0.4, 0.5) is 0 Å². The van der Waals surface area contributed by atoms with Crippen molar-refractivity contribution in [2.24, 2.45) is 0 Å². The summed E-state index contributed by atoms with van der Waals surface area (Å²) in [5.41, 5.74) is 0. The molecule has 0 radical (unpaired) electrons. The zero-order chi connectivity index (χ0) is 6.69. The molecule has 1 aliphatic rings. The van der Waals surface area contributed by atoms with Gasteiger partial charge in [-0.05, 0) is 5.92 Å². The van der Waals surface area contributed by atoms with E-state index in [1.807, 2.05) is 11.8 Å². The quantitative estimate of drug-likeness (QED) is 0.384. The second kappa shape index (κ2) is 2.93. The highest BCUT2D eigenvalue weighted by Gasteiger charge is 2.16. The third-order valence-corrected chi connectivity index (χ3v) is 2.46. The maximum atomic E-state index is 5.16. The van der Waals surface area contributed by atoms with Crippen molar-refractivity contribution in [3.63, 3.8) is 0 Å². The van der Waals surface area contributed by atoms with Crippen molar-refractivity contribution in [1.82, 2.24) is 0 Å². The van der Waals surface area contributed by atoms with Crippen molar-refractivity contribution < 1.29 is 4.58 Å². The molecule has 1 heterocycles. The van der Waals surface area contributed by atoms with Gasteiger partial charge in [0.15, 0.2) is 6.54 Å². The van der Waals surface area contributed by atoms with E-state index in [0.717, 1.165) is 13.1 Å². The minimum Gasteiger partial charge on any atom is -0.216 e. The molecule has 0 unspecified atom stereocenters. The second-order valence-electron chi connectivity index (χ2n) is 1.99. The summed E-state index contributed by atoms with van der Waals surface area (Å²) in [4.78, 5) is 0. The summed E-state index contributed by atoms with van der Waals surface area (Å²) in [5, 5.41) is 1.37. The van der Waals surface area contributed by atoms with Crippen molar-refractivity contribution in [2.75, 3.05) is 18.8 Å². The summed E-state index contributed by atoms with van der Waals surface area (Å²) in [6, 6.07) is 0. The molecule has 0 bridgehead atoms. The zero-order valence-electron chi connectivity index (χ0n) is 5.55. The molecule has 0 aromatic heterocycles. The van der Waals surface area contributed by atoms with Crippen LogP contribution in [0.2, 0.25) is 0 Å². The van der Waals surface area contributed by atoms with Crippen LogP contribution in [-0.2, 0) is 0 Å². The molecule has 0 aromatic rings. The van der Waals surface area contributed by atoms with Gasteiger partial charge in [0.05, 0.1) is 5.75 Å². The van der Waals surface area contributed by atoms with Crippen molar-refractivity contribution >= 4 is 16.8 Å². The highest BCUT2D eigenvalue weighted by atomic mass is 32.2. The standard InChI is InChI=1S/C7H10NS/c1-3-4-8-5-6-9-7(8)2/h1H,4-6H2,2H3/q+1. The van der Waals surface area contributed by atoms with E-state index in [1.165, 1.54) is 10.8 Å². The van der Waals surface area contributed by atoms with Crippen molar-refractivity contribution in [3.8, 4) is 12.3 Å². The highest BCUT2D eigenvalue weighted by Crippen LogP contribution is 2.09. The molecule has 0 aliphatic carbocycles. The van der Waals surface area contributed by atoms with Crippen molar-refractivity contribution in [3.05, 3.63) is 0 Å². The lowest BCUT2D eigenvalue weighted by Gasteiger charge is -1.89. The minimum absolute atomic E-state index is 0.777. The van der Waals surface area contributed by atoms with Gasteiger partial charge in [0.25, 0.3) is 0 Å². The summed E-state index contributed by atoms with van der Waals surface area (Å²) in [6.45, 7) is 4.02. The van der Waals surface area contributed by atoms with Crippen LogP contribution in [0.1, 0.15) is 6.92 Å². The number of terminal acetylenes is 1. The first-order valence-corrected chi connectivity index (χ1v) is 3.98. The van der Waals surface area contributed by atoms with E-state index >= 15 is 0 Å². The molecule has 1 rings (SSSR count). The van der Waals surface area contributed by atoms with Crippen LogP contribution < -0.4 is 0 Å². The molecule has 0 amide bonds. The normalized spacial score (nSPS) is 18.2. The lowest BCUT2D eigenvalue weighted by molar-refractivity contribution is -0.505. The van der Waals surface area contributed by atoms with Gasteiger partial charge in [0.1, 0.15) is 0 Å². The van der Waals surface area contributed by atoms with Crippen LogP contribution in [0, 0.1) is 12.3 Å². The van der Waals surface area contributed by atoms with Gasteiger partial charge in [0, 0.05) is 6.92 Å². The minimum atomic E-state index is 0.777. The maximum absolute atomic E-state index is 5.16. The molecule has 0 aromatic carbocycles. The van der Waals surface area contributed by atoms with E-state index in [-0.39, 0.29) is 0 Å². The predicted octanol–water partition coefficient (Wildman–Crippen LogP) is 0.797. The van der Waals surface area contributed by atoms with Crippen LogP contribution in [0.25, 0.3) is 0 Å². The Morgan fingerprint density at radius 2 is 2.67 bits per heavy atom. The van der Waals surface area contributed by atoms with Gasteiger partial charge < -0.3 is 0 Å². The molecule has 2 heteroatoms. The predicted molar refractivity (Wildman–Crippen MR) is 42.0 cm³/mol. The molecule has 0 saturated carbocycles. The molecule has 1 aliphatic heterocycles. The largest absolute Gasteiger partial charge is 0.216 e. The summed E-state index contributed by atoms with van der Waals surface area (Å²) in [5.74, 6) is 3.83. The monoisotopic (exact) mass is 140 g/mol.